The first kappa shape index (κ1) is 14.1. The van der Waals surface area contributed by atoms with Crippen LogP contribution in [0.1, 0.15) is 27.0 Å². The molecule has 0 bridgehead atoms. The third kappa shape index (κ3) is 2.77. The number of hydrogen-bond acceptors (Lipinski definition) is 2. The van der Waals surface area contributed by atoms with Crippen molar-refractivity contribution in [1.82, 2.24) is 0 Å². The highest BCUT2D eigenvalue weighted by Crippen LogP contribution is 2.24. The lowest BCUT2D eigenvalue weighted by Crippen LogP contribution is -1.87. The van der Waals surface area contributed by atoms with E-state index in [4.69, 9.17) is 0 Å². The van der Waals surface area contributed by atoms with E-state index < -0.39 is 0 Å². The van der Waals surface area contributed by atoms with Gasteiger partial charge in [-0.15, -0.1) is 0 Å². The van der Waals surface area contributed by atoms with Crippen LogP contribution in [0.2, 0.25) is 0 Å². The lowest BCUT2D eigenvalue weighted by Gasteiger charge is -2.04. The molecule has 2 heteroatoms. The van der Waals surface area contributed by atoms with Gasteiger partial charge < -0.3 is 5.11 Å². The van der Waals surface area contributed by atoms with Crippen LogP contribution in [0.15, 0.2) is 54.6 Å². The summed E-state index contributed by atoms with van der Waals surface area (Å²) in [4.78, 5) is 11.0. The number of hydrogen-bond donors (Lipinski definition) is 1. The Labute approximate surface area is 129 Å². The van der Waals surface area contributed by atoms with Crippen LogP contribution < -0.4 is 0 Å². The van der Waals surface area contributed by atoms with Crippen LogP contribution in [-0.4, -0.2) is 11.4 Å². The van der Waals surface area contributed by atoms with Crippen LogP contribution >= 0.6 is 0 Å². The van der Waals surface area contributed by atoms with E-state index in [0.717, 1.165) is 11.1 Å². The molecule has 0 heterocycles. The molecule has 22 heavy (non-hydrogen) atoms. The van der Waals surface area contributed by atoms with E-state index in [1.807, 2.05) is 30.4 Å². The van der Waals surface area contributed by atoms with Crippen molar-refractivity contribution in [2.75, 3.05) is 0 Å². The van der Waals surface area contributed by atoms with Crippen molar-refractivity contribution < 1.29 is 9.90 Å². The molecule has 2 nitrogen and oxygen atoms in total. The second kappa shape index (κ2) is 5.86. The molecule has 3 rings (SSSR count). The Bertz CT molecular complexity index is 876. The maximum Gasteiger partial charge on any atom is 0.153 e. The van der Waals surface area contributed by atoms with Gasteiger partial charge >= 0.3 is 0 Å². The van der Waals surface area contributed by atoms with E-state index >= 15 is 0 Å². The third-order valence-corrected chi connectivity index (χ3v) is 3.72. The minimum Gasteiger partial charge on any atom is -0.507 e. The molecule has 3 aromatic rings. The topological polar surface area (TPSA) is 37.3 Å². The monoisotopic (exact) mass is 288 g/mol. The summed E-state index contributed by atoms with van der Waals surface area (Å²) in [5, 5.41) is 12.2. The first-order valence-corrected chi connectivity index (χ1v) is 7.13. The van der Waals surface area contributed by atoms with Crippen LogP contribution in [0.4, 0.5) is 0 Å². The predicted octanol–water partition coefficient (Wildman–Crippen LogP) is 4.84. The molecule has 0 fully saturated rings. The molecule has 108 valence electrons. The quantitative estimate of drug-likeness (QED) is 0.553. The largest absolute Gasteiger partial charge is 0.507 e. The molecular formula is C20H16O2. The number of fused-ring (bicyclic) bond motifs is 1. The number of aryl methyl sites for hydroxylation is 1. The first-order chi connectivity index (χ1) is 10.7. The van der Waals surface area contributed by atoms with Crippen molar-refractivity contribution in [2.24, 2.45) is 0 Å². The maximum absolute atomic E-state index is 11.0. The maximum atomic E-state index is 11.0. The van der Waals surface area contributed by atoms with Gasteiger partial charge in [0.15, 0.2) is 6.29 Å². The molecule has 1 N–H and O–H groups in total. The van der Waals surface area contributed by atoms with Crippen molar-refractivity contribution >= 4 is 29.2 Å². The highest BCUT2D eigenvalue weighted by molar-refractivity contribution is 5.87. The summed E-state index contributed by atoms with van der Waals surface area (Å²) in [6.45, 7) is 1.79. The zero-order valence-electron chi connectivity index (χ0n) is 12.3. The molecule has 0 amide bonds. The number of phenolic OH excluding ortho intramolecular Hbond substituents is 1. The minimum absolute atomic E-state index is 0.0536. The van der Waals surface area contributed by atoms with Gasteiger partial charge in [-0.05, 0) is 52.6 Å². The third-order valence-electron chi connectivity index (χ3n) is 3.72. The number of phenols is 1. The number of aldehydes is 1. The molecular weight excluding hydrogens is 272 g/mol. The smallest absolute Gasteiger partial charge is 0.153 e. The summed E-state index contributed by atoms with van der Waals surface area (Å²) in [6.07, 6.45) is 4.63. The van der Waals surface area contributed by atoms with Gasteiger partial charge in [0, 0.05) is 0 Å². The molecule has 0 saturated heterocycles. The zero-order valence-corrected chi connectivity index (χ0v) is 12.3. The fourth-order valence-electron chi connectivity index (χ4n) is 2.53. The fraction of sp³-hybridized carbons (Fsp3) is 0.0500. The van der Waals surface area contributed by atoms with Gasteiger partial charge in [0.25, 0.3) is 0 Å². The SMILES string of the molecule is Cc1cc(/C=C/c2ccc3ccccc3c2)cc(C=O)c1O. The highest BCUT2D eigenvalue weighted by Gasteiger charge is 2.04. The molecule has 0 aliphatic rings. The van der Waals surface area contributed by atoms with E-state index in [0.29, 0.717) is 17.4 Å². The van der Waals surface area contributed by atoms with E-state index in [1.54, 1.807) is 13.0 Å². The average Bonchev–Trinajstić information content (AvgIpc) is 2.55. The number of aromatic hydroxyl groups is 1. The van der Waals surface area contributed by atoms with Crippen LogP contribution in [0, 0.1) is 6.92 Å². The van der Waals surface area contributed by atoms with Gasteiger partial charge in [-0.3, -0.25) is 4.79 Å². The second-order valence-corrected chi connectivity index (χ2v) is 5.33. The zero-order chi connectivity index (χ0) is 15.5. The van der Waals surface area contributed by atoms with E-state index in [-0.39, 0.29) is 5.75 Å². The summed E-state index contributed by atoms with van der Waals surface area (Å²) in [7, 11) is 0. The molecule has 0 aliphatic heterocycles. The molecule has 0 saturated carbocycles. The Morgan fingerprint density at radius 2 is 1.59 bits per heavy atom. The minimum atomic E-state index is 0.0536. The van der Waals surface area contributed by atoms with Gasteiger partial charge in [0.2, 0.25) is 0 Å². The van der Waals surface area contributed by atoms with Crippen LogP contribution in [0.25, 0.3) is 22.9 Å². The van der Waals surface area contributed by atoms with Crippen LogP contribution in [0.5, 0.6) is 5.75 Å². The van der Waals surface area contributed by atoms with Crippen molar-refractivity contribution in [1.29, 1.82) is 0 Å². The Balaban J connectivity index is 1.95. The Morgan fingerprint density at radius 3 is 2.36 bits per heavy atom. The highest BCUT2D eigenvalue weighted by atomic mass is 16.3. The summed E-state index contributed by atoms with van der Waals surface area (Å²) in [6, 6.07) is 18.0. The lowest BCUT2D eigenvalue weighted by atomic mass is 10.0. The number of carbonyl (C=O) groups excluding carboxylic acids is 1. The number of rotatable bonds is 3. The van der Waals surface area contributed by atoms with E-state index in [1.165, 1.54) is 10.8 Å². The predicted molar refractivity (Wildman–Crippen MR) is 91.1 cm³/mol. The number of benzene rings is 3. The van der Waals surface area contributed by atoms with Gasteiger partial charge in [0.1, 0.15) is 5.75 Å². The summed E-state index contributed by atoms with van der Waals surface area (Å²) < 4.78 is 0. The Morgan fingerprint density at radius 1 is 0.864 bits per heavy atom. The average molecular weight is 288 g/mol. The molecule has 0 atom stereocenters. The van der Waals surface area contributed by atoms with Crippen molar-refractivity contribution in [3.05, 3.63) is 76.9 Å². The summed E-state index contributed by atoms with van der Waals surface area (Å²) >= 11 is 0. The van der Waals surface area contributed by atoms with E-state index in [9.17, 15) is 9.90 Å². The van der Waals surface area contributed by atoms with Gasteiger partial charge in [0.05, 0.1) is 5.56 Å². The second-order valence-electron chi connectivity index (χ2n) is 5.33. The molecule has 0 aromatic heterocycles. The van der Waals surface area contributed by atoms with Crippen LogP contribution in [-0.2, 0) is 0 Å². The van der Waals surface area contributed by atoms with Gasteiger partial charge in [-0.2, -0.15) is 0 Å². The summed E-state index contributed by atoms with van der Waals surface area (Å²) in [5.41, 5.74) is 3.00. The molecule has 0 spiro atoms. The van der Waals surface area contributed by atoms with Crippen molar-refractivity contribution in [3.8, 4) is 5.75 Å². The van der Waals surface area contributed by atoms with Gasteiger partial charge in [-0.1, -0.05) is 48.6 Å². The summed E-state index contributed by atoms with van der Waals surface area (Å²) in [5.74, 6) is 0.0536. The number of carbonyl (C=O) groups is 1. The fourth-order valence-corrected chi connectivity index (χ4v) is 2.53. The molecule has 0 radical (unpaired) electrons. The van der Waals surface area contributed by atoms with E-state index in [2.05, 4.69) is 30.3 Å². The molecule has 0 unspecified atom stereocenters. The molecule has 3 aromatic carbocycles. The van der Waals surface area contributed by atoms with Gasteiger partial charge in [-0.25, -0.2) is 0 Å². The standard InChI is InChI=1S/C20H16O2/c1-14-10-16(12-19(13-21)20(14)22)7-6-15-8-9-17-4-2-3-5-18(17)11-15/h2-13,22H,1H3/b7-6+. The first-order valence-electron chi connectivity index (χ1n) is 7.13. The van der Waals surface area contributed by atoms with Crippen molar-refractivity contribution in [2.45, 2.75) is 6.92 Å². The Hall–Kier alpha value is -2.87. The molecule has 0 aliphatic carbocycles. The lowest BCUT2D eigenvalue weighted by molar-refractivity contribution is 0.112. The van der Waals surface area contributed by atoms with Crippen molar-refractivity contribution in [3.63, 3.8) is 0 Å². The van der Waals surface area contributed by atoms with Crippen LogP contribution in [0.3, 0.4) is 0 Å². The Kier molecular flexibility index (Phi) is 3.75. The normalized spacial score (nSPS) is 11.1.